The lowest BCUT2D eigenvalue weighted by Gasteiger charge is -2.25. The van der Waals surface area contributed by atoms with Crippen molar-refractivity contribution in [3.63, 3.8) is 0 Å². The number of nitrogens with one attached hydrogen (secondary N) is 1. The van der Waals surface area contributed by atoms with Crippen LogP contribution in [0.25, 0.3) is 22.6 Å². The van der Waals surface area contributed by atoms with E-state index in [-0.39, 0.29) is 5.91 Å². The predicted octanol–water partition coefficient (Wildman–Crippen LogP) is 5.91. The van der Waals surface area contributed by atoms with Crippen molar-refractivity contribution in [1.82, 2.24) is 4.98 Å². The third kappa shape index (κ3) is 4.06. The summed E-state index contributed by atoms with van der Waals surface area (Å²) < 4.78 is 11.8. The van der Waals surface area contributed by atoms with E-state index in [0.29, 0.717) is 17.3 Å². The second kappa shape index (κ2) is 7.67. The van der Waals surface area contributed by atoms with Crippen molar-refractivity contribution in [3.8, 4) is 17.2 Å². The molecule has 4 rings (SSSR count). The molecule has 3 aromatic carbocycles. The number of carbonyl (C=O) groups is 1. The summed E-state index contributed by atoms with van der Waals surface area (Å²) in [6.07, 6.45) is 0. The lowest BCUT2D eigenvalue weighted by Crippen LogP contribution is -2.42. The average Bonchev–Trinajstić information content (AvgIpc) is 3.12. The number of ether oxygens (including phenoxy) is 1. The molecule has 4 aromatic rings. The van der Waals surface area contributed by atoms with E-state index in [1.807, 2.05) is 73.7 Å². The van der Waals surface area contributed by atoms with Gasteiger partial charge in [0.2, 0.25) is 5.89 Å². The molecule has 0 atom stereocenters. The number of oxazole rings is 1. The van der Waals surface area contributed by atoms with Gasteiger partial charge in [-0.2, -0.15) is 0 Å². The number of aromatic nitrogens is 1. The number of rotatable bonds is 5. The zero-order chi connectivity index (χ0) is 21.3. The summed E-state index contributed by atoms with van der Waals surface area (Å²) in [6, 6.07) is 20.8. The van der Waals surface area contributed by atoms with E-state index in [1.165, 1.54) is 5.56 Å². The Morgan fingerprint density at radius 1 is 0.967 bits per heavy atom. The Morgan fingerprint density at radius 3 is 2.47 bits per heavy atom. The smallest absolute Gasteiger partial charge is 0.267 e. The minimum absolute atomic E-state index is 0.243. The van der Waals surface area contributed by atoms with Crippen LogP contribution >= 0.6 is 0 Å². The fourth-order valence-electron chi connectivity index (χ4n) is 3.14. The largest absolute Gasteiger partial charge is 0.478 e. The summed E-state index contributed by atoms with van der Waals surface area (Å²) in [5, 5.41) is 2.93. The molecule has 152 valence electrons. The lowest BCUT2D eigenvalue weighted by atomic mass is 10.1. The maximum atomic E-state index is 12.8. The Bertz CT molecular complexity index is 1170. The Morgan fingerprint density at radius 2 is 1.70 bits per heavy atom. The summed E-state index contributed by atoms with van der Waals surface area (Å²) in [5.41, 5.74) is 4.30. The van der Waals surface area contributed by atoms with Gasteiger partial charge in [0, 0.05) is 11.3 Å². The highest BCUT2D eigenvalue weighted by molar-refractivity contribution is 5.97. The van der Waals surface area contributed by atoms with Crippen molar-refractivity contribution < 1.29 is 13.9 Å². The average molecular weight is 400 g/mol. The van der Waals surface area contributed by atoms with Crippen LogP contribution in [-0.4, -0.2) is 16.5 Å². The van der Waals surface area contributed by atoms with E-state index in [9.17, 15) is 4.79 Å². The van der Waals surface area contributed by atoms with Gasteiger partial charge >= 0.3 is 0 Å². The van der Waals surface area contributed by atoms with E-state index in [1.54, 1.807) is 13.8 Å². The van der Waals surface area contributed by atoms with Crippen molar-refractivity contribution in [2.75, 3.05) is 5.32 Å². The van der Waals surface area contributed by atoms with E-state index >= 15 is 0 Å². The molecular formula is C25H24N2O3. The van der Waals surface area contributed by atoms with Gasteiger partial charge in [0.25, 0.3) is 5.91 Å². The topological polar surface area (TPSA) is 64.4 Å². The molecule has 0 saturated heterocycles. The molecule has 1 heterocycles. The van der Waals surface area contributed by atoms with Crippen LogP contribution in [0, 0.1) is 13.8 Å². The molecular weight excluding hydrogens is 376 g/mol. The van der Waals surface area contributed by atoms with Crippen LogP contribution in [-0.2, 0) is 4.79 Å². The van der Waals surface area contributed by atoms with Gasteiger partial charge in [-0.25, -0.2) is 4.98 Å². The molecule has 1 amide bonds. The minimum atomic E-state index is -1.04. The molecule has 0 bridgehead atoms. The molecule has 1 aromatic heterocycles. The Hall–Kier alpha value is -3.60. The number of para-hydroxylation sites is 1. The van der Waals surface area contributed by atoms with Crippen LogP contribution in [0.2, 0.25) is 0 Å². The number of hydrogen-bond donors (Lipinski definition) is 1. The number of aryl methyl sites for hydroxylation is 2. The van der Waals surface area contributed by atoms with Crippen LogP contribution in [0.4, 0.5) is 5.69 Å². The first kappa shape index (κ1) is 19.7. The molecule has 0 saturated carbocycles. The van der Waals surface area contributed by atoms with Gasteiger partial charge in [-0.05, 0) is 81.3 Å². The van der Waals surface area contributed by atoms with E-state index in [4.69, 9.17) is 9.15 Å². The molecule has 1 N–H and O–H groups in total. The van der Waals surface area contributed by atoms with Gasteiger partial charge in [0.15, 0.2) is 11.2 Å². The van der Waals surface area contributed by atoms with Crippen LogP contribution in [0.15, 0.2) is 71.1 Å². The number of hydrogen-bond acceptors (Lipinski definition) is 4. The molecule has 5 heteroatoms. The Kier molecular flexibility index (Phi) is 5.04. The van der Waals surface area contributed by atoms with Crippen molar-refractivity contribution in [1.29, 1.82) is 0 Å². The quantitative estimate of drug-likeness (QED) is 0.452. The summed E-state index contributed by atoms with van der Waals surface area (Å²) >= 11 is 0. The first-order valence-corrected chi connectivity index (χ1v) is 9.85. The van der Waals surface area contributed by atoms with Gasteiger partial charge < -0.3 is 14.5 Å². The summed E-state index contributed by atoms with van der Waals surface area (Å²) in [4.78, 5) is 17.4. The number of carbonyl (C=O) groups excluding carboxylic acids is 1. The van der Waals surface area contributed by atoms with Crippen LogP contribution in [0.1, 0.15) is 25.0 Å². The van der Waals surface area contributed by atoms with Crippen LogP contribution < -0.4 is 10.1 Å². The maximum Gasteiger partial charge on any atom is 0.267 e. The van der Waals surface area contributed by atoms with Gasteiger partial charge in [-0.3, -0.25) is 4.79 Å². The number of amides is 1. The van der Waals surface area contributed by atoms with Crippen molar-refractivity contribution >= 4 is 22.7 Å². The van der Waals surface area contributed by atoms with Crippen LogP contribution in [0.3, 0.4) is 0 Å². The monoisotopic (exact) mass is 400 g/mol. The normalized spacial score (nSPS) is 11.5. The van der Waals surface area contributed by atoms with Gasteiger partial charge in [-0.1, -0.05) is 24.3 Å². The Labute approximate surface area is 175 Å². The van der Waals surface area contributed by atoms with Gasteiger partial charge in [-0.15, -0.1) is 0 Å². The number of fused-ring (bicyclic) bond motifs is 1. The Balaban J connectivity index is 1.55. The second-order valence-electron chi connectivity index (χ2n) is 7.88. The molecule has 5 nitrogen and oxygen atoms in total. The predicted molar refractivity (Wildman–Crippen MR) is 119 cm³/mol. The molecule has 30 heavy (non-hydrogen) atoms. The summed E-state index contributed by atoms with van der Waals surface area (Å²) in [6.45, 7) is 7.58. The second-order valence-corrected chi connectivity index (χ2v) is 7.88. The first-order chi connectivity index (χ1) is 14.3. The van der Waals surface area contributed by atoms with Crippen molar-refractivity contribution in [2.24, 2.45) is 0 Å². The third-order valence-corrected chi connectivity index (χ3v) is 5.03. The van der Waals surface area contributed by atoms with Crippen LogP contribution in [0.5, 0.6) is 5.75 Å². The first-order valence-electron chi connectivity index (χ1n) is 9.85. The standard InChI is InChI=1S/C25H24N2O3/c1-16-13-21-22(14-17(16)2)29-23(27-21)18-9-8-10-19(15-18)26-24(28)25(3,4)30-20-11-6-5-7-12-20/h5-15H,1-4H3,(H,26,28). The molecule has 0 aliphatic carbocycles. The van der Waals surface area contributed by atoms with E-state index in [0.717, 1.165) is 22.2 Å². The van der Waals surface area contributed by atoms with Gasteiger partial charge in [0.05, 0.1) is 0 Å². The molecule has 0 aliphatic rings. The number of benzene rings is 3. The highest BCUT2D eigenvalue weighted by Crippen LogP contribution is 2.28. The van der Waals surface area contributed by atoms with Crippen molar-refractivity contribution in [3.05, 3.63) is 77.9 Å². The fourth-order valence-corrected chi connectivity index (χ4v) is 3.14. The van der Waals surface area contributed by atoms with E-state index in [2.05, 4.69) is 17.2 Å². The lowest BCUT2D eigenvalue weighted by molar-refractivity contribution is -0.128. The molecule has 0 fully saturated rings. The van der Waals surface area contributed by atoms with Gasteiger partial charge in [0.1, 0.15) is 11.3 Å². The summed E-state index contributed by atoms with van der Waals surface area (Å²) in [5.74, 6) is 0.918. The van der Waals surface area contributed by atoms with Crippen molar-refractivity contribution in [2.45, 2.75) is 33.3 Å². The minimum Gasteiger partial charge on any atom is -0.478 e. The van der Waals surface area contributed by atoms with E-state index < -0.39 is 5.60 Å². The number of anilines is 1. The highest BCUT2D eigenvalue weighted by atomic mass is 16.5. The highest BCUT2D eigenvalue weighted by Gasteiger charge is 2.30. The third-order valence-electron chi connectivity index (χ3n) is 5.03. The maximum absolute atomic E-state index is 12.8. The molecule has 0 radical (unpaired) electrons. The molecule has 0 aliphatic heterocycles. The SMILES string of the molecule is Cc1cc2nc(-c3cccc(NC(=O)C(C)(C)Oc4ccccc4)c3)oc2cc1C. The number of nitrogens with zero attached hydrogens (tertiary/aromatic N) is 1. The zero-order valence-corrected chi connectivity index (χ0v) is 17.5. The summed E-state index contributed by atoms with van der Waals surface area (Å²) in [7, 11) is 0. The molecule has 0 spiro atoms. The fraction of sp³-hybridized carbons (Fsp3) is 0.200. The molecule has 0 unspecified atom stereocenters. The zero-order valence-electron chi connectivity index (χ0n) is 17.5.